The number of halogens is 4. The summed E-state index contributed by atoms with van der Waals surface area (Å²) in [5.74, 6) is -1.92. The van der Waals surface area contributed by atoms with Gasteiger partial charge in [0.1, 0.15) is 22.8 Å². The maximum atomic E-state index is 14.2. The minimum absolute atomic E-state index is 0.0211. The van der Waals surface area contributed by atoms with Gasteiger partial charge in [0.25, 0.3) is 5.91 Å². The number of hydrogen-bond donors (Lipinski definition) is 4. The molecule has 0 fully saturated rings. The van der Waals surface area contributed by atoms with Crippen LogP contribution in [-0.2, 0) is 6.18 Å². The van der Waals surface area contributed by atoms with Crippen molar-refractivity contribution in [3.05, 3.63) is 77.1 Å². The van der Waals surface area contributed by atoms with E-state index in [2.05, 4.69) is 15.3 Å². The molecule has 2 heterocycles. The normalized spacial score (nSPS) is 13.4. The first-order valence-corrected chi connectivity index (χ1v) is 11.2. The number of nitrogens with one attached hydrogen (secondary N) is 1. The lowest BCUT2D eigenvalue weighted by Crippen LogP contribution is -2.33. The molecule has 0 saturated carbocycles. The van der Waals surface area contributed by atoms with Crippen LogP contribution in [0.4, 0.5) is 17.6 Å². The molecule has 5 N–H and O–H groups in total. The van der Waals surface area contributed by atoms with Gasteiger partial charge in [-0.05, 0) is 30.3 Å². The number of carbonyl (C=O) groups is 1. The molecule has 0 radical (unpaired) electrons. The standard InChI is InChI=1S/C25H22F4N4O5/c1-37-18-8-6-13(12-7-9-19(25(27,28)29)32-20(12)18)24-33-21(22(38-24)16(30)10-34)23(36)31-17(11-35)14-4-2-3-5-15(14)26/h2-9,16-17,34-35H,10-11,30H2,1H3,(H,31,36)/t16-,17?/m0/s1. The number of benzene rings is 2. The number of aromatic nitrogens is 2. The highest BCUT2D eigenvalue weighted by Gasteiger charge is 2.33. The molecule has 0 aliphatic rings. The van der Waals surface area contributed by atoms with E-state index in [-0.39, 0.29) is 45.1 Å². The van der Waals surface area contributed by atoms with Crippen molar-refractivity contribution in [2.45, 2.75) is 18.3 Å². The predicted molar refractivity (Wildman–Crippen MR) is 127 cm³/mol. The van der Waals surface area contributed by atoms with Gasteiger partial charge in [-0.2, -0.15) is 13.2 Å². The summed E-state index contributed by atoms with van der Waals surface area (Å²) < 4.78 is 64.9. The van der Waals surface area contributed by atoms with E-state index < -0.39 is 48.9 Å². The van der Waals surface area contributed by atoms with Crippen LogP contribution in [-0.4, -0.2) is 46.4 Å². The number of rotatable bonds is 8. The van der Waals surface area contributed by atoms with Gasteiger partial charge >= 0.3 is 6.18 Å². The Balaban J connectivity index is 1.80. The van der Waals surface area contributed by atoms with Gasteiger partial charge in [-0.3, -0.25) is 4.79 Å². The van der Waals surface area contributed by atoms with Gasteiger partial charge in [0.2, 0.25) is 5.89 Å². The second-order valence-electron chi connectivity index (χ2n) is 8.16. The van der Waals surface area contributed by atoms with Crippen molar-refractivity contribution in [1.82, 2.24) is 15.3 Å². The molecule has 0 aliphatic carbocycles. The number of carbonyl (C=O) groups excluding carboxylic acids is 1. The number of alkyl halides is 3. The van der Waals surface area contributed by atoms with Crippen LogP contribution in [0.1, 0.15) is 39.6 Å². The molecule has 2 aromatic carbocycles. The largest absolute Gasteiger partial charge is 0.494 e. The molecule has 200 valence electrons. The molecule has 38 heavy (non-hydrogen) atoms. The van der Waals surface area contributed by atoms with Crippen LogP contribution < -0.4 is 15.8 Å². The van der Waals surface area contributed by atoms with Crippen LogP contribution in [0.2, 0.25) is 0 Å². The maximum absolute atomic E-state index is 14.2. The highest BCUT2D eigenvalue weighted by molar-refractivity contribution is 5.98. The summed E-state index contributed by atoms with van der Waals surface area (Å²) in [6.07, 6.45) is -4.70. The predicted octanol–water partition coefficient (Wildman–Crippen LogP) is 3.51. The molecule has 0 spiro atoms. The lowest BCUT2D eigenvalue weighted by molar-refractivity contribution is -0.140. The monoisotopic (exact) mass is 534 g/mol. The van der Waals surface area contributed by atoms with Gasteiger partial charge in [0, 0.05) is 16.5 Å². The number of aliphatic hydroxyl groups is 2. The van der Waals surface area contributed by atoms with E-state index in [0.717, 1.165) is 6.07 Å². The molecule has 1 unspecified atom stereocenters. The number of fused-ring (bicyclic) bond motifs is 1. The summed E-state index contributed by atoms with van der Waals surface area (Å²) in [6.45, 7) is -1.28. The first-order chi connectivity index (χ1) is 18.1. The lowest BCUT2D eigenvalue weighted by atomic mass is 10.1. The fourth-order valence-electron chi connectivity index (χ4n) is 3.85. The average Bonchev–Trinajstić information content (AvgIpc) is 3.35. The summed E-state index contributed by atoms with van der Waals surface area (Å²) in [5.41, 5.74) is 4.48. The second kappa shape index (κ2) is 10.7. The third kappa shape index (κ3) is 5.16. The molecular formula is C25H22F4N4O5. The highest BCUT2D eigenvalue weighted by atomic mass is 19.4. The Bertz CT molecular complexity index is 1470. The summed E-state index contributed by atoms with van der Waals surface area (Å²) in [7, 11) is 1.27. The second-order valence-corrected chi connectivity index (χ2v) is 8.16. The van der Waals surface area contributed by atoms with Crippen LogP contribution in [0.5, 0.6) is 5.75 Å². The third-order valence-electron chi connectivity index (χ3n) is 5.73. The Kier molecular flexibility index (Phi) is 7.62. The third-order valence-corrected chi connectivity index (χ3v) is 5.73. The van der Waals surface area contributed by atoms with Crippen LogP contribution in [0, 0.1) is 5.82 Å². The number of oxazole rings is 1. The van der Waals surface area contributed by atoms with Crippen molar-refractivity contribution in [2.75, 3.05) is 20.3 Å². The summed E-state index contributed by atoms with van der Waals surface area (Å²) in [4.78, 5) is 21.0. The Hall–Kier alpha value is -4.07. The minimum Gasteiger partial charge on any atom is -0.494 e. The number of ether oxygens (including phenoxy) is 1. The first kappa shape index (κ1) is 27.0. The first-order valence-electron chi connectivity index (χ1n) is 11.2. The number of amides is 1. The zero-order valence-corrected chi connectivity index (χ0v) is 19.8. The van der Waals surface area contributed by atoms with Crippen LogP contribution in [0.3, 0.4) is 0 Å². The number of aliphatic hydroxyl groups excluding tert-OH is 2. The Labute approximate surface area is 212 Å². The van der Waals surface area contributed by atoms with E-state index in [1.54, 1.807) is 0 Å². The van der Waals surface area contributed by atoms with Gasteiger partial charge < -0.3 is 30.4 Å². The van der Waals surface area contributed by atoms with E-state index in [9.17, 15) is 32.6 Å². The van der Waals surface area contributed by atoms with Crippen molar-refractivity contribution in [3.63, 3.8) is 0 Å². The molecule has 1 amide bonds. The molecule has 4 rings (SSSR count). The summed E-state index contributed by atoms with van der Waals surface area (Å²) >= 11 is 0. The average molecular weight is 534 g/mol. The topological polar surface area (TPSA) is 144 Å². The van der Waals surface area contributed by atoms with E-state index in [1.807, 2.05) is 0 Å². The Morgan fingerprint density at radius 2 is 1.84 bits per heavy atom. The number of pyridine rings is 1. The number of methoxy groups -OCH3 is 1. The molecule has 2 atom stereocenters. The van der Waals surface area contributed by atoms with Gasteiger partial charge in [-0.1, -0.05) is 18.2 Å². The molecule has 9 nitrogen and oxygen atoms in total. The van der Waals surface area contributed by atoms with Gasteiger partial charge in [-0.15, -0.1) is 0 Å². The molecule has 0 saturated heterocycles. The zero-order chi connectivity index (χ0) is 27.6. The molecule has 2 aromatic heterocycles. The fraction of sp³-hybridized carbons (Fsp3) is 0.240. The van der Waals surface area contributed by atoms with Crippen molar-refractivity contribution < 1.29 is 41.7 Å². The Morgan fingerprint density at radius 3 is 2.47 bits per heavy atom. The van der Waals surface area contributed by atoms with E-state index in [0.29, 0.717) is 0 Å². The van der Waals surface area contributed by atoms with Gasteiger partial charge in [0.05, 0.1) is 32.4 Å². The highest BCUT2D eigenvalue weighted by Crippen LogP contribution is 2.37. The molecule has 13 heteroatoms. The van der Waals surface area contributed by atoms with Crippen LogP contribution in [0.25, 0.3) is 22.4 Å². The lowest BCUT2D eigenvalue weighted by Gasteiger charge is -2.17. The van der Waals surface area contributed by atoms with Crippen LogP contribution >= 0.6 is 0 Å². The molecule has 4 aromatic rings. The SMILES string of the molecule is COc1ccc(-c2nc(C(=O)NC(CO)c3ccccc3F)c([C@@H](N)CO)o2)c2ccc(C(F)(F)F)nc12. The van der Waals surface area contributed by atoms with Crippen molar-refractivity contribution in [3.8, 4) is 17.2 Å². The van der Waals surface area contributed by atoms with Crippen molar-refractivity contribution >= 4 is 16.8 Å². The van der Waals surface area contributed by atoms with Gasteiger partial charge in [0.15, 0.2) is 11.5 Å². The van der Waals surface area contributed by atoms with Crippen molar-refractivity contribution in [1.29, 1.82) is 0 Å². The van der Waals surface area contributed by atoms with Crippen molar-refractivity contribution in [2.24, 2.45) is 5.73 Å². The number of nitrogens with zero attached hydrogens (tertiary/aromatic N) is 2. The maximum Gasteiger partial charge on any atom is 0.433 e. The molecular weight excluding hydrogens is 512 g/mol. The molecule has 0 bridgehead atoms. The smallest absolute Gasteiger partial charge is 0.433 e. The van der Waals surface area contributed by atoms with Gasteiger partial charge in [-0.25, -0.2) is 14.4 Å². The minimum atomic E-state index is -4.70. The number of nitrogens with two attached hydrogens (primary N) is 1. The Morgan fingerprint density at radius 1 is 1.11 bits per heavy atom. The van der Waals surface area contributed by atoms with Crippen LogP contribution in [0.15, 0.2) is 52.9 Å². The zero-order valence-electron chi connectivity index (χ0n) is 19.8. The van der Waals surface area contributed by atoms with E-state index in [4.69, 9.17) is 14.9 Å². The quantitative estimate of drug-likeness (QED) is 0.252. The number of hydrogen-bond acceptors (Lipinski definition) is 8. The van der Waals surface area contributed by atoms with E-state index >= 15 is 0 Å². The van der Waals surface area contributed by atoms with E-state index in [1.165, 1.54) is 49.6 Å². The fourth-order valence-corrected chi connectivity index (χ4v) is 3.85. The summed E-state index contributed by atoms with van der Waals surface area (Å²) in [6, 6.07) is 7.95. The summed E-state index contributed by atoms with van der Waals surface area (Å²) in [5, 5.41) is 22.0. The molecule has 0 aliphatic heterocycles.